The molecule has 0 N–H and O–H groups in total. The number of aryl methyl sites for hydroxylation is 2. The van der Waals surface area contributed by atoms with Crippen LogP contribution in [0.1, 0.15) is 50.8 Å². The number of nitrogens with zero attached hydrogens (tertiary/aromatic N) is 3. The Kier molecular flexibility index (Phi) is 6.38. The average molecular weight is 364 g/mol. The number of aromatic nitrogens is 3. The quantitative estimate of drug-likeness (QED) is 0.549. The van der Waals surface area contributed by atoms with Crippen LogP contribution in [0.2, 0.25) is 0 Å². The fourth-order valence-electron chi connectivity index (χ4n) is 3.52. The molecule has 0 saturated heterocycles. The molecule has 27 heavy (non-hydrogen) atoms. The van der Waals surface area contributed by atoms with Gasteiger partial charge in [0.15, 0.2) is 0 Å². The number of fused-ring (bicyclic) bond motifs is 1. The fraction of sp³-hybridized carbons (Fsp3) is 0.435. The van der Waals surface area contributed by atoms with Crippen LogP contribution in [0.25, 0.3) is 10.8 Å². The minimum absolute atomic E-state index is 0.251. The Morgan fingerprint density at radius 2 is 1.70 bits per heavy atom. The molecule has 4 heteroatoms. The first-order valence-corrected chi connectivity index (χ1v) is 9.97. The molecule has 0 aliphatic carbocycles. The number of hydrogen-bond acceptors (Lipinski definition) is 3. The zero-order valence-corrected chi connectivity index (χ0v) is 16.6. The molecule has 4 nitrogen and oxygen atoms in total. The number of ketones is 1. The molecule has 0 spiro atoms. The molecule has 0 unspecified atom stereocenters. The third-order valence-corrected chi connectivity index (χ3v) is 5.06. The van der Waals surface area contributed by atoms with Crippen molar-refractivity contribution < 1.29 is 4.79 Å². The third-order valence-electron chi connectivity index (χ3n) is 5.06. The molecule has 0 saturated carbocycles. The Morgan fingerprint density at radius 1 is 1.00 bits per heavy atom. The van der Waals surface area contributed by atoms with Crippen LogP contribution in [0, 0.1) is 5.92 Å². The van der Waals surface area contributed by atoms with E-state index in [1.807, 2.05) is 18.2 Å². The summed E-state index contributed by atoms with van der Waals surface area (Å²) in [6, 6.07) is 14.4. The van der Waals surface area contributed by atoms with Crippen molar-refractivity contribution in [1.82, 2.24) is 14.8 Å². The van der Waals surface area contributed by atoms with Crippen molar-refractivity contribution in [3.8, 4) is 0 Å². The minimum Gasteiger partial charge on any atom is -0.315 e. The fourth-order valence-corrected chi connectivity index (χ4v) is 3.52. The van der Waals surface area contributed by atoms with Gasteiger partial charge in [0.2, 0.25) is 0 Å². The molecule has 0 fully saturated rings. The lowest BCUT2D eigenvalue weighted by Crippen LogP contribution is -2.10. The zero-order chi connectivity index (χ0) is 19.2. The van der Waals surface area contributed by atoms with Gasteiger partial charge in [0.1, 0.15) is 17.4 Å². The second-order valence-corrected chi connectivity index (χ2v) is 7.56. The Morgan fingerprint density at radius 3 is 2.44 bits per heavy atom. The zero-order valence-electron chi connectivity index (χ0n) is 16.6. The standard InChI is InChI=1S/C23H29N3O/c1-4-26-22(14-12-17(2)3)24-25-23(26)15-13-20(27)16-19-10-7-9-18-8-5-6-11-21(18)19/h5-11,17H,4,12-16H2,1-3H3. The van der Waals surface area contributed by atoms with Gasteiger partial charge in [-0.05, 0) is 35.6 Å². The molecule has 0 bridgehead atoms. The largest absolute Gasteiger partial charge is 0.315 e. The predicted molar refractivity (Wildman–Crippen MR) is 110 cm³/mol. The molecule has 2 aromatic carbocycles. The van der Waals surface area contributed by atoms with Crippen LogP contribution < -0.4 is 0 Å². The van der Waals surface area contributed by atoms with Gasteiger partial charge in [0.05, 0.1) is 0 Å². The van der Waals surface area contributed by atoms with Crippen LogP contribution in [-0.2, 0) is 30.6 Å². The van der Waals surface area contributed by atoms with Crippen molar-refractivity contribution in [3.05, 3.63) is 59.7 Å². The molecule has 0 amide bonds. The predicted octanol–water partition coefficient (Wildman–Crippen LogP) is 4.78. The number of Topliss-reactive ketones (excluding diaryl/α,β-unsaturated/α-hetero) is 1. The van der Waals surface area contributed by atoms with E-state index in [0.717, 1.165) is 36.6 Å². The SMILES string of the molecule is CCn1c(CCC(=O)Cc2cccc3ccccc23)nnc1CCC(C)C. The second-order valence-electron chi connectivity index (χ2n) is 7.56. The maximum Gasteiger partial charge on any atom is 0.137 e. The van der Waals surface area contributed by atoms with Crippen molar-refractivity contribution >= 4 is 16.6 Å². The van der Waals surface area contributed by atoms with Gasteiger partial charge in [-0.15, -0.1) is 10.2 Å². The normalized spacial score (nSPS) is 11.4. The van der Waals surface area contributed by atoms with Gasteiger partial charge in [0, 0.05) is 32.2 Å². The van der Waals surface area contributed by atoms with Crippen molar-refractivity contribution in [2.45, 2.75) is 59.4 Å². The summed E-state index contributed by atoms with van der Waals surface area (Å²) in [5, 5.41) is 11.1. The first-order valence-electron chi connectivity index (χ1n) is 9.97. The van der Waals surface area contributed by atoms with E-state index in [-0.39, 0.29) is 5.78 Å². The summed E-state index contributed by atoms with van der Waals surface area (Å²) in [7, 11) is 0. The smallest absolute Gasteiger partial charge is 0.137 e. The summed E-state index contributed by atoms with van der Waals surface area (Å²) in [4.78, 5) is 12.6. The lowest BCUT2D eigenvalue weighted by Gasteiger charge is -2.09. The Labute approximate surface area is 161 Å². The molecular weight excluding hydrogens is 334 g/mol. The number of carbonyl (C=O) groups is 1. The van der Waals surface area contributed by atoms with Crippen LogP contribution in [0.15, 0.2) is 42.5 Å². The lowest BCUT2D eigenvalue weighted by molar-refractivity contribution is -0.118. The van der Waals surface area contributed by atoms with E-state index in [1.165, 1.54) is 10.8 Å². The van der Waals surface area contributed by atoms with Gasteiger partial charge in [-0.1, -0.05) is 56.3 Å². The first-order chi connectivity index (χ1) is 13.1. The number of hydrogen-bond donors (Lipinski definition) is 0. The van der Waals surface area contributed by atoms with Crippen LogP contribution >= 0.6 is 0 Å². The highest BCUT2D eigenvalue weighted by atomic mass is 16.1. The summed E-state index contributed by atoms with van der Waals surface area (Å²) in [6.07, 6.45) is 3.69. The van der Waals surface area contributed by atoms with E-state index in [4.69, 9.17) is 0 Å². The van der Waals surface area contributed by atoms with Crippen LogP contribution in [0.3, 0.4) is 0 Å². The highest BCUT2D eigenvalue weighted by Gasteiger charge is 2.13. The Hall–Kier alpha value is -2.49. The van der Waals surface area contributed by atoms with Gasteiger partial charge in [0.25, 0.3) is 0 Å². The Bertz CT molecular complexity index is 906. The monoisotopic (exact) mass is 363 g/mol. The molecule has 0 aliphatic rings. The van der Waals surface area contributed by atoms with Gasteiger partial charge in [-0.3, -0.25) is 4.79 Å². The third kappa shape index (κ3) is 4.82. The average Bonchev–Trinajstić information content (AvgIpc) is 3.07. The van der Waals surface area contributed by atoms with Crippen molar-refractivity contribution in [2.75, 3.05) is 0 Å². The molecule has 0 radical (unpaired) electrons. The highest BCUT2D eigenvalue weighted by molar-refractivity contribution is 5.90. The molecule has 0 atom stereocenters. The molecule has 0 aliphatic heterocycles. The van der Waals surface area contributed by atoms with Crippen molar-refractivity contribution in [3.63, 3.8) is 0 Å². The van der Waals surface area contributed by atoms with Crippen LogP contribution in [0.5, 0.6) is 0 Å². The van der Waals surface area contributed by atoms with E-state index in [9.17, 15) is 4.79 Å². The van der Waals surface area contributed by atoms with Crippen LogP contribution in [0.4, 0.5) is 0 Å². The number of benzene rings is 2. The molecule has 1 aromatic heterocycles. The van der Waals surface area contributed by atoms with E-state index < -0.39 is 0 Å². The highest BCUT2D eigenvalue weighted by Crippen LogP contribution is 2.20. The minimum atomic E-state index is 0.251. The maximum absolute atomic E-state index is 12.6. The molecule has 3 aromatic rings. The number of rotatable bonds is 9. The summed E-state index contributed by atoms with van der Waals surface area (Å²) >= 11 is 0. The summed E-state index contributed by atoms with van der Waals surface area (Å²) in [6.45, 7) is 7.41. The molecule has 3 rings (SSSR count). The molecular formula is C23H29N3O. The number of carbonyl (C=O) groups excluding carboxylic acids is 1. The van der Waals surface area contributed by atoms with Crippen LogP contribution in [-0.4, -0.2) is 20.5 Å². The van der Waals surface area contributed by atoms with E-state index >= 15 is 0 Å². The Balaban J connectivity index is 1.64. The van der Waals surface area contributed by atoms with Crippen molar-refractivity contribution in [1.29, 1.82) is 0 Å². The summed E-state index contributed by atoms with van der Waals surface area (Å²) in [5.41, 5.74) is 1.10. The van der Waals surface area contributed by atoms with E-state index in [1.54, 1.807) is 0 Å². The summed E-state index contributed by atoms with van der Waals surface area (Å²) in [5.74, 6) is 2.88. The maximum atomic E-state index is 12.6. The van der Waals surface area contributed by atoms with Gasteiger partial charge in [-0.2, -0.15) is 0 Å². The van der Waals surface area contributed by atoms with Gasteiger partial charge in [-0.25, -0.2) is 0 Å². The van der Waals surface area contributed by atoms with E-state index in [2.05, 4.69) is 59.8 Å². The van der Waals surface area contributed by atoms with Crippen molar-refractivity contribution in [2.24, 2.45) is 5.92 Å². The molecule has 142 valence electrons. The molecule has 1 heterocycles. The topological polar surface area (TPSA) is 47.8 Å². The van der Waals surface area contributed by atoms with E-state index in [0.29, 0.717) is 25.2 Å². The van der Waals surface area contributed by atoms with Gasteiger partial charge < -0.3 is 4.57 Å². The van der Waals surface area contributed by atoms with Gasteiger partial charge >= 0.3 is 0 Å². The lowest BCUT2D eigenvalue weighted by atomic mass is 9.99. The summed E-state index contributed by atoms with van der Waals surface area (Å²) < 4.78 is 2.17. The first kappa shape index (κ1) is 19.3. The second kappa shape index (κ2) is 8.94.